The maximum Gasteiger partial charge on any atom is 0.0446 e. The minimum Gasteiger partial charge on any atom is -0.396 e. The molecule has 1 aliphatic heterocycles. The number of aliphatic hydroxyl groups excluding tert-OH is 1. The lowest BCUT2D eigenvalue weighted by molar-refractivity contribution is 0.103. The Morgan fingerprint density at radius 2 is 2.23 bits per heavy atom. The van der Waals surface area contributed by atoms with Crippen molar-refractivity contribution in [3.63, 3.8) is 0 Å². The Hall–Kier alpha value is -0.120. The molecular weight excluding hydrogens is 164 g/mol. The van der Waals surface area contributed by atoms with Gasteiger partial charge >= 0.3 is 0 Å². The second-order valence-electron chi connectivity index (χ2n) is 4.40. The van der Waals surface area contributed by atoms with Gasteiger partial charge in [-0.05, 0) is 26.2 Å². The average molecular weight is 184 g/mol. The van der Waals surface area contributed by atoms with Crippen molar-refractivity contribution in [2.75, 3.05) is 19.7 Å². The molecule has 0 bridgehead atoms. The van der Waals surface area contributed by atoms with Crippen molar-refractivity contribution in [1.29, 1.82) is 0 Å². The smallest absolute Gasteiger partial charge is 0.0446 e. The van der Waals surface area contributed by atoms with Crippen LogP contribution in [0, 0.1) is 0 Å². The SMILES string of the molecule is CC1CN(C2CC2)C(CCO)CN1. The molecule has 0 aromatic rings. The van der Waals surface area contributed by atoms with Crippen LogP contribution in [0.4, 0.5) is 0 Å². The first-order valence-corrected chi connectivity index (χ1v) is 5.41. The van der Waals surface area contributed by atoms with Gasteiger partial charge < -0.3 is 10.4 Å². The molecule has 2 atom stereocenters. The van der Waals surface area contributed by atoms with Crippen molar-refractivity contribution >= 4 is 0 Å². The van der Waals surface area contributed by atoms with E-state index in [9.17, 15) is 0 Å². The summed E-state index contributed by atoms with van der Waals surface area (Å²) in [6.07, 6.45) is 3.67. The lowest BCUT2D eigenvalue weighted by atomic mass is 10.1. The molecule has 1 aliphatic carbocycles. The maximum absolute atomic E-state index is 8.95. The summed E-state index contributed by atoms with van der Waals surface area (Å²) in [5.41, 5.74) is 0. The molecule has 3 heteroatoms. The van der Waals surface area contributed by atoms with Crippen molar-refractivity contribution in [2.45, 2.75) is 44.3 Å². The first kappa shape index (κ1) is 9.44. The largest absolute Gasteiger partial charge is 0.396 e. The summed E-state index contributed by atoms with van der Waals surface area (Å²) in [4.78, 5) is 2.59. The Labute approximate surface area is 80.1 Å². The fourth-order valence-corrected chi connectivity index (χ4v) is 2.25. The minimum atomic E-state index is 0.323. The molecule has 0 spiro atoms. The number of hydrogen-bond acceptors (Lipinski definition) is 3. The third-order valence-electron chi connectivity index (χ3n) is 3.13. The Kier molecular flexibility index (Phi) is 2.86. The zero-order valence-electron chi connectivity index (χ0n) is 8.37. The Morgan fingerprint density at radius 3 is 2.85 bits per heavy atom. The van der Waals surface area contributed by atoms with Crippen molar-refractivity contribution < 1.29 is 5.11 Å². The first-order valence-electron chi connectivity index (χ1n) is 5.41. The van der Waals surface area contributed by atoms with Crippen LogP contribution in [-0.2, 0) is 0 Å². The molecule has 2 N–H and O–H groups in total. The molecular formula is C10H20N2O. The van der Waals surface area contributed by atoms with Gasteiger partial charge in [0.25, 0.3) is 0 Å². The Morgan fingerprint density at radius 1 is 1.46 bits per heavy atom. The summed E-state index contributed by atoms with van der Waals surface area (Å²) in [5, 5.41) is 12.4. The Bertz CT molecular complexity index is 170. The van der Waals surface area contributed by atoms with E-state index in [1.165, 1.54) is 12.8 Å². The highest BCUT2D eigenvalue weighted by Crippen LogP contribution is 2.30. The maximum atomic E-state index is 8.95. The van der Waals surface area contributed by atoms with Crippen LogP contribution >= 0.6 is 0 Å². The second kappa shape index (κ2) is 3.95. The van der Waals surface area contributed by atoms with Crippen LogP contribution in [0.25, 0.3) is 0 Å². The molecule has 0 aromatic carbocycles. The van der Waals surface area contributed by atoms with Crippen LogP contribution in [0.5, 0.6) is 0 Å². The van der Waals surface area contributed by atoms with E-state index in [1.54, 1.807) is 0 Å². The topological polar surface area (TPSA) is 35.5 Å². The fraction of sp³-hybridized carbons (Fsp3) is 1.00. The summed E-state index contributed by atoms with van der Waals surface area (Å²) in [6.45, 7) is 4.78. The molecule has 0 aromatic heterocycles. The van der Waals surface area contributed by atoms with Gasteiger partial charge in [-0.2, -0.15) is 0 Å². The molecule has 13 heavy (non-hydrogen) atoms. The minimum absolute atomic E-state index is 0.323. The zero-order valence-corrected chi connectivity index (χ0v) is 8.37. The van der Waals surface area contributed by atoms with Gasteiger partial charge in [-0.25, -0.2) is 0 Å². The highest BCUT2D eigenvalue weighted by molar-refractivity contribution is 4.94. The van der Waals surface area contributed by atoms with Gasteiger partial charge in [-0.1, -0.05) is 0 Å². The molecule has 1 saturated carbocycles. The number of nitrogens with one attached hydrogen (secondary N) is 1. The summed E-state index contributed by atoms with van der Waals surface area (Å²) < 4.78 is 0. The highest BCUT2D eigenvalue weighted by atomic mass is 16.3. The number of hydrogen-bond donors (Lipinski definition) is 2. The Balaban J connectivity index is 1.90. The van der Waals surface area contributed by atoms with E-state index in [2.05, 4.69) is 17.1 Å². The molecule has 76 valence electrons. The van der Waals surface area contributed by atoms with E-state index in [1.807, 2.05) is 0 Å². The monoisotopic (exact) mass is 184 g/mol. The van der Waals surface area contributed by atoms with E-state index in [4.69, 9.17) is 5.11 Å². The van der Waals surface area contributed by atoms with E-state index in [-0.39, 0.29) is 0 Å². The molecule has 2 rings (SSSR count). The van der Waals surface area contributed by atoms with E-state index < -0.39 is 0 Å². The summed E-state index contributed by atoms with van der Waals surface area (Å²) in [5.74, 6) is 0. The van der Waals surface area contributed by atoms with E-state index in [0.29, 0.717) is 18.7 Å². The number of rotatable bonds is 3. The number of piperazine rings is 1. The molecule has 3 nitrogen and oxygen atoms in total. The number of aliphatic hydroxyl groups is 1. The molecule has 1 heterocycles. The van der Waals surface area contributed by atoms with Crippen LogP contribution in [0.1, 0.15) is 26.2 Å². The van der Waals surface area contributed by atoms with Crippen LogP contribution in [0.15, 0.2) is 0 Å². The summed E-state index contributed by atoms with van der Waals surface area (Å²) in [7, 11) is 0. The van der Waals surface area contributed by atoms with Crippen LogP contribution in [0.3, 0.4) is 0 Å². The van der Waals surface area contributed by atoms with Crippen molar-refractivity contribution in [1.82, 2.24) is 10.2 Å². The van der Waals surface area contributed by atoms with Gasteiger partial charge in [0, 0.05) is 37.8 Å². The number of nitrogens with zero attached hydrogens (tertiary/aromatic N) is 1. The fourth-order valence-electron chi connectivity index (χ4n) is 2.25. The standard InChI is InChI=1S/C10H20N2O/c1-8-7-12(9-2-3-9)10(4-5-13)6-11-8/h8-11,13H,2-7H2,1H3. The summed E-state index contributed by atoms with van der Waals surface area (Å²) >= 11 is 0. The lowest BCUT2D eigenvalue weighted by Crippen LogP contribution is -2.56. The molecule has 2 unspecified atom stereocenters. The highest BCUT2D eigenvalue weighted by Gasteiger charge is 2.36. The van der Waals surface area contributed by atoms with Crippen molar-refractivity contribution in [3.8, 4) is 0 Å². The molecule has 1 saturated heterocycles. The van der Waals surface area contributed by atoms with Gasteiger partial charge in [-0.3, -0.25) is 4.90 Å². The van der Waals surface area contributed by atoms with Gasteiger partial charge in [0.2, 0.25) is 0 Å². The van der Waals surface area contributed by atoms with Crippen molar-refractivity contribution in [2.24, 2.45) is 0 Å². The van der Waals surface area contributed by atoms with Gasteiger partial charge in [0.1, 0.15) is 0 Å². The molecule has 2 fully saturated rings. The van der Waals surface area contributed by atoms with Crippen LogP contribution in [0.2, 0.25) is 0 Å². The quantitative estimate of drug-likeness (QED) is 0.657. The van der Waals surface area contributed by atoms with Gasteiger partial charge in [0.15, 0.2) is 0 Å². The second-order valence-corrected chi connectivity index (χ2v) is 4.40. The first-order chi connectivity index (χ1) is 6.31. The predicted molar refractivity (Wildman–Crippen MR) is 52.7 cm³/mol. The van der Waals surface area contributed by atoms with Crippen LogP contribution < -0.4 is 5.32 Å². The molecule has 0 amide bonds. The van der Waals surface area contributed by atoms with Gasteiger partial charge in [0.05, 0.1) is 0 Å². The van der Waals surface area contributed by atoms with E-state index >= 15 is 0 Å². The third-order valence-corrected chi connectivity index (χ3v) is 3.13. The van der Waals surface area contributed by atoms with Crippen LogP contribution in [-0.4, -0.2) is 47.8 Å². The average Bonchev–Trinajstić information content (AvgIpc) is 2.91. The summed E-state index contributed by atoms with van der Waals surface area (Å²) in [6, 6.07) is 2.03. The third kappa shape index (κ3) is 2.22. The normalized spacial score (nSPS) is 36.5. The van der Waals surface area contributed by atoms with Crippen molar-refractivity contribution in [3.05, 3.63) is 0 Å². The lowest BCUT2D eigenvalue weighted by Gasteiger charge is -2.39. The van der Waals surface area contributed by atoms with E-state index in [0.717, 1.165) is 25.6 Å². The molecule has 0 radical (unpaired) electrons. The predicted octanol–water partition coefficient (Wildman–Crippen LogP) is 0.193. The zero-order chi connectivity index (χ0) is 9.26. The van der Waals surface area contributed by atoms with Gasteiger partial charge in [-0.15, -0.1) is 0 Å². The molecule has 2 aliphatic rings.